The summed E-state index contributed by atoms with van der Waals surface area (Å²) in [6.07, 6.45) is 37.1. The zero-order chi connectivity index (χ0) is 98.7. The van der Waals surface area contributed by atoms with Crippen LogP contribution in [0.2, 0.25) is 54.4 Å². The molecular weight excluding hydrogens is 1890 g/mol. The standard InChI is InChI=1S/3C22H38O4Si2.2C14H22O3Si.C8H16OSi.C6H6O2/c23-19-8-1-5-16(11-13-28)22(19)26-18-7-3-6-17(14-18)25-20-9-2-4-15(10-12-27)21(20)24;23-21-15(10-12-27)4-1-8-19(21)25-17-6-3-7-18(14-17)26-20-9-2-5-16(11-13-28)22(20)24;23-19-8-1-4-15(10-12-27)21(19)25-17-6-3-7-18(14-17)26-22-16(11-13-28)5-2-9-20(22)24;15-11-4-2-5-12(9-11)17-13-6-1-3-10(7-8-18)14(13)16;15-11-4-2-5-12(9-11)17-14-10(7-8-18)3-1-6-13(14)16;10-5-4-6-2-1-3-7-8(6)9-7;7-5-2-1-3-6(8)4-5/h3*3,6-7,14-16,19-24H,1-2,4-5,8-13H2,27-28H3;2*2,4-5,9-10,13-16H,1,3,6-8H2,18H3;6-8H,1-5H2,10H3;1-4,7-8H. The molecule has 0 aromatic heterocycles. The van der Waals surface area contributed by atoms with Crippen molar-refractivity contribution in [3.8, 4) is 69.0 Å². The molecule has 1 saturated heterocycles. The number of fused-ring (bicyclic) bond motifs is 1. The molecule has 1 aliphatic heterocycles. The molecule has 0 spiro atoms. The molecule has 10 fully saturated rings. The molecule has 30 heteroatoms. The Labute approximate surface area is 853 Å². The van der Waals surface area contributed by atoms with Gasteiger partial charge in [0.15, 0.2) is 0 Å². The zero-order valence-corrected chi connectivity index (χ0v) is 103. The van der Waals surface area contributed by atoms with Crippen LogP contribution in [0.15, 0.2) is 146 Å². The van der Waals surface area contributed by atoms with Crippen molar-refractivity contribution in [1.29, 1.82) is 0 Å². The van der Waals surface area contributed by atoms with Gasteiger partial charge in [-0.2, -0.15) is 0 Å². The minimum Gasteiger partial charge on any atom is -0.508 e. The highest BCUT2D eigenvalue weighted by Gasteiger charge is 2.47. The van der Waals surface area contributed by atoms with Gasteiger partial charge < -0.3 is 104 Å². The number of ether oxygens (including phenoxy) is 9. The van der Waals surface area contributed by atoms with E-state index in [4.69, 9.17) is 52.8 Å². The van der Waals surface area contributed by atoms with Crippen LogP contribution in [0.3, 0.4) is 0 Å². The van der Waals surface area contributed by atoms with Crippen molar-refractivity contribution in [2.45, 2.75) is 395 Å². The maximum absolute atomic E-state index is 10.7. The van der Waals surface area contributed by atoms with Crippen molar-refractivity contribution in [1.82, 2.24) is 0 Å². The van der Waals surface area contributed by atoms with Crippen molar-refractivity contribution >= 4 is 92.2 Å². The fourth-order valence-electron chi connectivity index (χ4n) is 23.5. The number of aliphatic hydroxyl groups is 8. The van der Waals surface area contributed by atoms with Crippen LogP contribution in [0.5, 0.6) is 69.0 Å². The highest BCUT2D eigenvalue weighted by atomic mass is 28.2. The average Bonchev–Trinajstić information content (AvgIpc) is 1.63. The van der Waals surface area contributed by atoms with Gasteiger partial charge in [0.25, 0.3) is 0 Å². The number of hydrogen-bond acceptors (Lipinski definition) is 21. The van der Waals surface area contributed by atoms with Crippen LogP contribution >= 0.6 is 0 Å². The molecule has 6 aromatic carbocycles. The third-order valence-electron chi connectivity index (χ3n) is 30.6. The molecule has 9 aliphatic carbocycles. The number of phenolic OH excluding ortho intramolecular Hbond substituents is 4. The number of epoxide rings is 1. The molecule has 21 nitrogen and oxygen atoms in total. The number of aromatic hydroxyl groups is 4. The molecule has 27 atom stereocenters. The maximum Gasteiger partial charge on any atom is 0.127 e. The van der Waals surface area contributed by atoms with E-state index in [2.05, 4.69) is 0 Å². The molecule has 27 unspecified atom stereocenters. The van der Waals surface area contributed by atoms with Crippen LogP contribution in [0, 0.1) is 53.3 Å². The van der Waals surface area contributed by atoms with Crippen LogP contribution in [0.4, 0.5) is 0 Å². The lowest BCUT2D eigenvalue weighted by molar-refractivity contribution is -0.0350. The van der Waals surface area contributed by atoms with Gasteiger partial charge in [-0.05, 0) is 293 Å². The SMILES string of the molecule is OC1C(CC[SiH3])CCCC1Oc1cccc(OC2CCCC(CC[SiH3])C2O)c1.OC1CCCC(CC[SiH3])C1Oc1cccc(OC2C(O)CCCC2CC[SiH3])c1.OC1CCCC(CC[SiH3])C1Oc1cccc(OC2CCCC(CC[SiH3])C2O)c1.Oc1cccc(O)c1.Oc1cccc(OC2C(O)CCCC2CC[SiH3])c1.Oc1cccc(OC2CCCC(CC[SiH3])C2O)c1.[SiH3]CCC1CCCC2OC12. The first-order valence-electron chi connectivity index (χ1n) is 54.8. The number of benzene rings is 6. The molecule has 16 rings (SSSR count). The second kappa shape index (κ2) is 62.4. The van der Waals surface area contributed by atoms with Gasteiger partial charge in [0.05, 0.1) is 61.0 Å². The molecule has 0 amide bonds. The van der Waals surface area contributed by atoms with E-state index in [1.54, 1.807) is 42.5 Å². The Morgan fingerprint density at radius 3 is 0.667 bits per heavy atom. The Bertz CT molecular complexity index is 4180. The van der Waals surface area contributed by atoms with Gasteiger partial charge in [0, 0.05) is 129 Å². The Morgan fingerprint density at radius 1 is 0.217 bits per heavy atom. The monoisotopic (exact) mass is 2070 g/mol. The molecule has 0 radical (unpaired) electrons. The molecule has 774 valence electrons. The van der Waals surface area contributed by atoms with Crippen molar-refractivity contribution in [3.05, 3.63) is 146 Å². The summed E-state index contributed by atoms with van der Waals surface area (Å²) < 4.78 is 54.7. The number of phenols is 4. The van der Waals surface area contributed by atoms with E-state index < -0.39 is 0 Å². The fraction of sp³-hybridized carbons (Fsp3) is 0.667. The second-order valence-electron chi connectivity index (χ2n) is 41.6. The van der Waals surface area contributed by atoms with Crippen LogP contribution in [0.25, 0.3) is 0 Å². The maximum atomic E-state index is 10.7. The fourth-order valence-corrected chi connectivity index (χ4v) is 30.2. The second-order valence-corrected chi connectivity index (χ2v) is 50.6. The summed E-state index contributed by atoms with van der Waals surface area (Å²) >= 11 is 0. The van der Waals surface area contributed by atoms with Gasteiger partial charge in [-0.3, -0.25) is 0 Å². The summed E-state index contributed by atoms with van der Waals surface area (Å²) in [5, 5.41) is 120. The van der Waals surface area contributed by atoms with Crippen LogP contribution < -0.4 is 37.9 Å². The lowest BCUT2D eigenvalue weighted by Gasteiger charge is -2.36. The predicted octanol–water partition coefficient (Wildman–Crippen LogP) is 10.3. The molecule has 12 N–H and O–H groups in total. The summed E-state index contributed by atoms with van der Waals surface area (Å²) in [6.45, 7) is 0. The topological polar surface area (TPSA) is 329 Å². The van der Waals surface area contributed by atoms with E-state index in [0.29, 0.717) is 71.1 Å². The molecule has 6 aromatic rings. The lowest BCUT2D eigenvalue weighted by atomic mass is 9.82. The van der Waals surface area contributed by atoms with E-state index in [0.717, 1.165) is 246 Å². The molecule has 0 bridgehead atoms. The van der Waals surface area contributed by atoms with Crippen molar-refractivity contribution < 1.29 is 104 Å². The highest BCUT2D eigenvalue weighted by Crippen LogP contribution is 2.45. The van der Waals surface area contributed by atoms with Crippen LogP contribution in [-0.4, -0.2) is 263 Å². The van der Waals surface area contributed by atoms with E-state index in [9.17, 15) is 51.1 Å². The van der Waals surface area contributed by atoms with Gasteiger partial charge in [-0.15, -0.1) is 0 Å². The zero-order valence-electron chi connectivity index (χ0n) is 85.3. The van der Waals surface area contributed by atoms with Gasteiger partial charge in [-0.25, -0.2) is 0 Å². The minimum atomic E-state index is -0.380. The van der Waals surface area contributed by atoms with Crippen molar-refractivity contribution in [2.75, 3.05) is 0 Å². The predicted molar refractivity (Wildman–Crippen MR) is 588 cm³/mol. The summed E-state index contributed by atoms with van der Waals surface area (Å²) in [5.41, 5.74) is 0. The lowest BCUT2D eigenvalue weighted by Crippen LogP contribution is -2.42. The number of aliphatic hydroxyl groups excluding tert-OH is 8. The molecule has 10 aliphatic rings. The van der Waals surface area contributed by atoms with Crippen LogP contribution in [-0.2, 0) is 4.74 Å². The Hall–Kier alpha value is -5.49. The molecule has 1 heterocycles. The first kappa shape index (κ1) is 114. The summed E-state index contributed by atoms with van der Waals surface area (Å²) in [4.78, 5) is 0. The first-order chi connectivity index (χ1) is 67.0. The summed E-state index contributed by atoms with van der Waals surface area (Å²) in [7, 11) is 11.0. The van der Waals surface area contributed by atoms with E-state index in [1.807, 2.05) is 84.9 Å². The average molecular weight is 2070 g/mol. The van der Waals surface area contributed by atoms with Gasteiger partial charge in [-0.1, -0.05) is 155 Å². The number of hydrogen-bond donors (Lipinski definition) is 12. The van der Waals surface area contributed by atoms with Crippen molar-refractivity contribution in [3.63, 3.8) is 0 Å². The van der Waals surface area contributed by atoms with Gasteiger partial charge >= 0.3 is 0 Å². The van der Waals surface area contributed by atoms with Gasteiger partial charge in [0.2, 0.25) is 0 Å². The molecule has 138 heavy (non-hydrogen) atoms. The molecular formula is C108H180O21Si9. The Morgan fingerprint density at radius 2 is 0.413 bits per heavy atom. The molecule has 9 saturated carbocycles. The van der Waals surface area contributed by atoms with Crippen molar-refractivity contribution in [2.24, 2.45) is 53.3 Å². The van der Waals surface area contributed by atoms with Gasteiger partial charge in [0.1, 0.15) is 118 Å². The summed E-state index contributed by atoms with van der Waals surface area (Å²) in [6, 6.07) is 54.3. The third-order valence-corrected chi connectivity index (χ3v) is 35.8. The normalized spacial score (nSPS) is 31.6. The van der Waals surface area contributed by atoms with Crippen LogP contribution in [0.1, 0.15) is 231 Å². The third kappa shape index (κ3) is 37.5. The highest BCUT2D eigenvalue weighted by molar-refractivity contribution is 6.10. The minimum absolute atomic E-state index is 0.0880. The smallest absolute Gasteiger partial charge is 0.127 e. The Kier molecular flexibility index (Phi) is 51.7. The van der Waals surface area contributed by atoms with E-state index >= 15 is 0 Å². The first-order valence-corrected chi connectivity index (χ1v) is 67.5. The Balaban J connectivity index is 0.000000171. The number of rotatable bonds is 34. The largest absolute Gasteiger partial charge is 0.508 e. The van der Waals surface area contributed by atoms with E-state index in [-0.39, 0.29) is 121 Å². The van der Waals surface area contributed by atoms with E-state index in [1.165, 1.54) is 190 Å². The summed E-state index contributed by atoms with van der Waals surface area (Å²) in [5.74, 6) is 10.7. The quantitative estimate of drug-likeness (QED) is 0.0132.